The van der Waals surface area contributed by atoms with Crippen molar-refractivity contribution in [1.82, 2.24) is 14.4 Å². The molecule has 3 rings (SSSR count). The van der Waals surface area contributed by atoms with E-state index in [0.717, 1.165) is 18.8 Å². The normalized spacial score (nSPS) is 25.1. The van der Waals surface area contributed by atoms with Crippen molar-refractivity contribution in [2.75, 3.05) is 32.7 Å². The van der Waals surface area contributed by atoms with Gasteiger partial charge < -0.3 is 4.57 Å². The molecule has 2 aliphatic rings. The first-order valence-electron chi connectivity index (χ1n) is 7.85. The molecular formula is C16H25N3O. The zero-order chi connectivity index (χ0) is 13.9. The Morgan fingerprint density at radius 2 is 2.05 bits per heavy atom. The highest BCUT2D eigenvalue weighted by Crippen LogP contribution is 2.20. The summed E-state index contributed by atoms with van der Waals surface area (Å²) in [5.41, 5.74) is 0.825. The van der Waals surface area contributed by atoms with E-state index >= 15 is 0 Å². The van der Waals surface area contributed by atoms with Gasteiger partial charge in [0.2, 0.25) is 0 Å². The van der Waals surface area contributed by atoms with Gasteiger partial charge >= 0.3 is 0 Å². The van der Waals surface area contributed by atoms with Gasteiger partial charge in [-0.1, -0.05) is 6.42 Å². The van der Waals surface area contributed by atoms with Crippen LogP contribution in [0.15, 0.2) is 18.3 Å². The predicted octanol–water partition coefficient (Wildman–Crippen LogP) is 1.77. The Balaban J connectivity index is 1.52. The average molecular weight is 275 g/mol. The maximum Gasteiger partial charge on any atom is 0.193 e. The molecule has 0 saturated carbocycles. The Morgan fingerprint density at radius 3 is 2.75 bits per heavy atom. The van der Waals surface area contributed by atoms with E-state index in [2.05, 4.69) is 9.80 Å². The fraction of sp³-hybridized carbons (Fsp3) is 0.688. The van der Waals surface area contributed by atoms with Gasteiger partial charge in [0.1, 0.15) is 0 Å². The largest absolute Gasteiger partial charge is 0.348 e. The Bertz CT molecular complexity index is 462. The molecule has 0 N–H and O–H groups in total. The molecule has 4 heteroatoms. The third-order valence-corrected chi connectivity index (χ3v) is 4.75. The minimum atomic E-state index is 0.247. The smallest absolute Gasteiger partial charge is 0.193 e. The molecular weight excluding hydrogens is 250 g/mol. The average Bonchev–Trinajstić information content (AvgIpc) is 3.09. The van der Waals surface area contributed by atoms with Crippen molar-refractivity contribution in [1.29, 1.82) is 0 Å². The molecule has 0 amide bonds. The fourth-order valence-electron chi connectivity index (χ4n) is 3.57. The molecule has 1 unspecified atom stereocenters. The Hall–Kier alpha value is -1.13. The summed E-state index contributed by atoms with van der Waals surface area (Å²) in [6, 6.07) is 4.53. The van der Waals surface area contributed by atoms with Crippen LogP contribution in [0.25, 0.3) is 0 Å². The molecule has 110 valence electrons. The molecule has 0 aliphatic carbocycles. The number of piperidine rings is 1. The van der Waals surface area contributed by atoms with Crippen LogP contribution in [0.3, 0.4) is 0 Å². The highest BCUT2D eigenvalue weighted by molar-refractivity contribution is 5.96. The van der Waals surface area contributed by atoms with Gasteiger partial charge in [-0.25, -0.2) is 0 Å². The third-order valence-electron chi connectivity index (χ3n) is 4.75. The molecule has 2 aliphatic heterocycles. The lowest BCUT2D eigenvalue weighted by molar-refractivity contribution is 0.0928. The van der Waals surface area contributed by atoms with Gasteiger partial charge in [-0.05, 0) is 44.5 Å². The van der Waals surface area contributed by atoms with Gasteiger partial charge in [0.05, 0.1) is 12.2 Å². The van der Waals surface area contributed by atoms with E-state index in [0.29, 0.717) is 12.6 Å². The van der Waals surface area contributed by atoms with Crippen molar-refractivity contribution in [3.63, 3.8) is 0 Å². The predicted molar refractivity (Wildman–Crippen MR) is 80.0 cm³/mol. The van der Waals surface area contributed by atoms with Crippen LogP contribution in [0.4, 0.5) is 0 Å². The van der Waals surface area contributed by atoms with Crippen LogP contribution in [0.2, 0.25) is 0 Å². The standard InChI is InChI=1S/C16H25N3O/c1-17-8-5-6-15(17)16(20)13-18-11-7-14(12-18)19-9-3-2-4-10-19/h5-6,8,14H,2-4,7,9-13H2,1H3. The van der Waals surface area contributed by atoms with Crippen LogP contribution in [-0.2, 0) is 7.05 Å². The molecule has 3 heterocycles. The van der Waals surface area contributed by atoms with Crippen molar-refractivity contribution in [2.45, 2.75) is 31.7 Å². The number of nitrogens with zero attached hydrogens (tertiary/aromatic N) is 3. The van der Waals surface area contributed by atoms with E-state index < -0.39 is 0 Å². The Morgan fingerprint density at radius 1 is 1.25 bits per heavy atom. The van der Waals surface area contributed by atoms with E-state index in [1.54, 1.807) is 0 Å². The Kier molecular flexibility index (Phi) is 4.22. The van der Waals surface area contributed by atoms with Crippen LogP contribution < -0.4 is 0 Å². The van der Waals surface area contributed by atoms with E-state index in [-0.39, 0.29) is 5.78 Å². The summed E-state index contributed by atoms with van der Waals surface area (Å²) in [4.78, 5) is 17.3. The zero-order valence-electron chi connectivity index (χ0n) is 12.4. The number of rotatable bonds is 4. The molecule has 20 heavy (non-hydrogen) atoms. The van der Waals surface area contributed by atoms with Gasteiger partial charge in [0.25, 0.3) is 0 Å². The zero-order valence-corrected chi connectivity index (χ0v) is 12.4. The molecule has 0 spiro atoms. The van der Waals surface area contributed by atoms with Gasteiger partial charge in [-0.2, -0.15) is 0 Å². The number of Topliss-reactive ketones (excluding diaryl/α,β-unsaturated/α-hetero) is 1. The van der Waals surface area contributed by atoms with Gasteiger partial charge in [-0.3, -0.25) is 14.6 Å². The first-order chi connectivity index (χ1) is 9.74. The second-order valence-corrected chi connectivity index (χ2v) is 6.20. The van der Waals surface area contributed by atoms with E-state index in [1.807, 2.05) is 29.9 Å². The van der Waals surface area contributed by atoms with Crippen LogP contribution in [-0.4, -0.2) is 58.9 Å². The van der Waals surface area contributed by atoms with Crippen molar-refractivity contribution in [2.24, 2.45) is 7.05 Å². The molecule has 1 aromatic rings. The number of likely N-dealkylation sites (tertiary alicyclic amines) is 2. The van der Waals surface area contributed by atoms with Gasteiger partial charge in [-0.15, -0.1) is 0 Å². The molecule has 0 bridgehead atoms. The summed E-state index contributed by atoms with van der Waals surface area (Å²) < 4.78 is 1.92. The number of aryl methyl sites for hydroxylation is 1. The van der Waals surface area contributed by atoms with Crippen molar-refractivity contribution < 1.29 is 4.79 Å². The highest BCUT2D eigenvalue weighted by Gasteiger charge is 2.29. The van der Waals surface area contributed by atoms with E-state index in [4.69, 9.17) is 0 Å². The number of aromatic nitrogens is 1. The Labute approximate surface area is 121 Å². The van der Waals surface area contributed by atoms with Crippen molar-refractivity contribution >= 4 is 5.78 Å². The molecule has 1 aromatic heterocycles. The summed E-state index contributed by atoms with van der Waals surface area (Å²) in [7, 11) is 1.94. The second kappa shape index (κ2) is 6.10. The molecule has 2 saturated heterocycles. The molecule has 2 fully saturated rings. The van der Waals surface area contributed by atoms with Crippen molar-refractivity contribution in [3.8, 4) is 0 Å². The third kappa shape index (κ3) is 2.96. The van der Waals surface area contributed by atoms with Crippen LogP contribution in [0, 0.1) is 0 Å². The summed E-state index contributed by atoms with van der Waals surface area (Å²) in [5.74, 6) is 0.247. The number of carbonyl (C=O) groups is 1. The lowest BCUT2D eigenvalue weighted by Gasteiger charge is -2.32. The number of ketones is 1. The van der Waals surface area contributed by atoms with Crippen LogP contribution in [0.5, 0.6) is 0 Å². The number of hydrogen-bond acceptors (Lipinski definition) is 3. The van der Waals surface area contributed by atoms with Gasteiger partial charge in [0, 0.05) is 32.4 Å². The number of carbonyl (C=O) groups excluding carboxylic acids is 1. The summed E-state index contributed by atoms with van der Waals surface area (Å²) in [5, 5.41) is 0. The summed E-state index contributed by atoms with van der Waals surface area (Å²) in [6.07, 6.45) is 7.24. The second-order valence-electron chi connectivity index (χ2n) is 6.20. The maximum absolute atomic E-state index is 12.3. The van der Waals surface area contributed by atoms with E-state index in [9.17, 15) is 4.79 Å². The quantitative estimate of drug-likeness (QED) is 0.784. The monoisotopic (exact) mass is 275 g/mol. The minimum Gasteiger partial charge on any atom is -0.348 e. The van der Waals surface area contributed by atoms with Crippen LogP contribution >= 0.6 is 0 Å². The maximum atomic E-state index is 12.3. The summed E-state index contributed by atoms with van der Waals surface area (Å²) >= 11 is 0. The first-order valence-corrected chi connectivity index (χ1v) is 7.85. The highest BCUT2D eigenvalue weighted by atomic mass is 16.1. The van der Waals surface area contributed by atoms with Crippen LogP contribution in [0.1, 0.15) is 36.2 Å². The SMILES string of the molecule is Cn1cccc1C(=O)CN1CCC(N2CCCCC2)C1. The molecule has 1 atom stereocenters. The molecule has 4 nitrogen and oxygen atoms in total. The lowest BCUT2D eigenvalue weighted by Crippen LogP contribution is -2.41. The lowest BCUT2D eigenvalue weighted by atomic mass is 10.1. The topological polar surface area (TPSA) is 28.5 Å². The molecule has 0 aromatic carbocycles. The minimum absolute atomic E-state index is 0.247. The number of hydrogen-bond donors (Lipinski definition) is 0. The fourth-order valence-corrected chi connectivity index (χ4v) is 3.57. The van der Waals surface area contributed by atoms with Crippen molar-refractivity contribution in [3.05, 3.63) is 24.0 Å². The van der Waals surface area contributed by atoms with Gasteiger partial charge in [0.15, 0.2) is 5.78 Å². The molecule has 0 radical (unpaired) electrons. The summed E-state index contributed by atoms with van der Waals surface area (Å²) in [6.45, 7) is 5.21. The first kappa shape index (κ1) is 13.8. The van der Waals surface area contributed by atoms with E-state index in [1.165, 1.54) is 38.8 Å².